The molecule has 0 unspecified atom stereocenters. The molecule has 1 aliphatic rings. The van der Waals surface area contributed by atoms with Crippen LogP contribution < -0.4 is 14.2 Å². The summed E-state index contributed by atoms with van der Waals surface area (Å²) < 4.78 is 16.8. The van der Waals surface area contributed by atoms with E-state index in [0.29, 0.717) is 17.2 Å². The van der Waals surface area contributed by atoms with Crippen molar-refractivity contribution in [2.24, 2.45) is 0 Å². The normalized spacial score (nSPS) is 15.8. The molecule has 0 spiro atoms. The lowest BCUT2D eigenvalue weighted by Crippen LogP contribution is -2.43. The van der Waals surface area contributed by atoms with Gasteiger partial charge in [-0.05, 0) is 13.1 Å². The highest BCUT2D eigenvalue weighted by atomic mass is 16.5. The monoisotopic (exact) mass is 342 g/mol. The van der Waals surface area contributed by atoms with Crippen LogP contribution in [-0.2, 0) is 6.54 Å². The Labute approximate surface area is 149 Å². The number of benzene rings is 2. The van der Waals surface area contributed by atoms with Gasteiger partial charge in [0.15, 0.2) is 0 Å². The summed E-state index contributed by atoms with van der Waals surface area (Å²) in [7, 11) is 5.45. The van der Waals surface area contributed by atoms with Gasteiger partial charge in [0.05, 0.1) is 14.2 Å². The second-order valence-electron chi connectivity index (χ2n) is 6.34. The molecule has 1 heterocycles. The molecule has 3 rings (SSSR count). The summed E-state index contributed by atoms with van der Waals surface area (Å²) >= 11 is 0. The Morgan fingerprint density at radius 3 is 2.08 bits per heavy atom. The maximum atomic E-state index is 6.16. The Morgan fingerprint density at radius 2 is 1.44 bits per heavy atom. The molecule has 25 heavy (non-hydrogen) atoms. The Balaban J connectivity index is 1.77. The van der Waals surface area contributed by atoms with Gasteiger partial charge in [-0.3, -0.25) is 4.90 Å². The molecule has 5 heteroatoms. The minimum Gasteiger partial charge on any atom is -0.496 e. The first-order chi connectivity index (χ1) is 12.2. The van der Waals surface area contributed by atoms with Gasteiger partial charge in [-0.1, -0.05) is 18.2 Å². The van der Waals surface area contributed by atoms with Gasteiger partial charge in [0, 0.05) is 56.5 Å². The molecular weight excluding hydrogens is 316 g/mol. The van der Waals surface area contributed by atoms with Gasteiger partial charge in [0.1, 0.15) is 23.0 Å². The molecule has 0 N–H and O–H groups in total. The molecular formula is C20H26N2O3. The smallest absolute Gasteiger partial charge is 0.134 e. The van der Waals surface area contributed by atoms with Gasteiger partial charge in [0.25, 0.3) is 0 Å². The topological polar surface area (TPSA) is 34.2 Å². The number of likely N-dealkylation sites (N-methyl/N-ethyl adjacent to an activating group) is 1. The molecule has 2 aromatic carbocycles. The van der Waals surface area contributed by atoms with Crippen molar-refractivity contribution in [3.63, 3.8) is 0 Å². The zero-order chi connectivity index (χ0) is 17.6. The number of rotatable bonds is 6. The third-order valence-electron chi connectivity index (χ3n) is 4.52. The average Bonchev–Trinajstić information content (AvgIpc) is 2.64. The molecule has 1 aliphatic heterocycles. The molecule has 0 radical (unpaired) electrons. The maximum Gasteiger partial charge on any atom is 0.134 e. The predicted octanol–water partition coefficient (Wildman–Crippen LogP) is 3.24. The highest BCUT2D eigenvalue weighted by Gasteiger charge is 2.16. The summed E-state index contributed by atoms with van der Waals surface area (Å²) in [5.74, 6) is 3.01. The number of ether oxygens (including phenoxy) is 3. The van der Waals surface area contributed by atoms with Gasteiger partial charge in [0.2, 0.25) is 0 Å². The molecule has 0 aliphatic carbocycles. The number of methoxy groups -OCH3 is 2. The van der Waals surface area contributed by atoms with Crippen molar-refractivity contribution in [2.75, 3.05) is 47.4 Å². The van der Waals surface area contributed by atoms with Gasteiger partial charge in [-0.25, -0.2) is 0 Å². The molecule has 0 atom stereocenters. The molecule has 0 saturated carbocycles. The van der Waals surface area contributed by atoms with Gasteiger partial charge in [-0.2, -0.15) is 0 Å². The molecule has 1 fully saturated rings. The molecule has 0 bridgehead atoms. The largest absolute Gasteiger partial charge is 0.496 e. The van der Waals surface area contributed by atoms with Gasteiger partial charge in [-0.15, -0.1) is 0 Å². The fraction of sp³-hybridized carbons (Fsp3) is 0.400. The first-order valence-electron chi connectivity index (χ1n) is 8.57. The number of nitrogens with zero attached hydrogens (tertiary/aromatic N) is 2. The quantitative estimate of drug-likeness (QED) is 0.805. The van der Waals surface area contributed by atoms with Crippen molar-refractivity contribution >= 4 is 0 Å². The number of piperazine rings is 1. The Hall–Kier alpha value is -2.24. The van der Waals surface area contributed by atoms with Crippen molar-refractivity contribution in [3.05, 3.63) is 48.0 Å². The Kier molecular flexibility index (Phi) is 5.79. The fourth-order valence-corrected chi connectivity index (χ4v) is 2.95. The predicted molar refractivity (Wildman–Crippen MR) is 98.8 cm³/mol. The van der Waals surface area contributed by atoms with Crippen LogP contribution in [0.3, 0.4) is 0 Å². The van der Waals surface area contributed by atoms with Crippen LogP contribution in [0.15, 0.2) is 42.5 Å². The van der Waals surface area contributed by atoms with Gasteiger partial charge >= 0.3 is 0 Å². The Morgan fingerprint density at radius 1 is 0.840 bits per heavy atom. The van der Waals surface area contributed by atoms with Crippen molar-refractivity contribution in [3.8, 4) is 23.0 Å². The second kappa shape index (κ2) is 8.23. The molecule has 0 amide bonds. The van der Waals surface area contributed by atoms with E-state index < -0.39 is 0 Å². The third-order valence-corrected chi connectivity index (χ3v) is 4.52. The highest BCUT2D eigenvalue weighted by Crippen LogP contribution is 2.32. The van der Waals surface area contributed by atoms with Crippen LogP contribution in [0.25, 0.3) is 0 Å². The summed E-state index contributed by atoms with van der Waals surface area (Å²) in [6, 6.07) is 13.8. The molecule has 5 nitrogen and oxygen atoms in total. The molecule has 2 aromatic rings. The lowest BCUT2D eigenvalue weighted by atomic mass is 10.1. The van der Waals surface area contributed by atoms with Crippen LogP contribution in [0.2, 0.25) is 0 Å². The number of para-hydroxylation sites is 1. The van der Waals surface area contributed by atoms with E-state index in [1.807, 2.05) is 30.3 Å². The van der Waals surface area contributed by atoms with E-state index in [9.17, 15) is 0 Å². The molecule has 1 saturated heterocycles. The highest BCUT2D eigenvalue weighted by molar-refractivity contribution is 5.45. The van der Waals surface area contributed by atoms with E-state index >= 15 is 0 Å². The van der Waals surface area contributed by atoms with Crippen LogP contribution in [0, 0.1) is 0 Å². The van der Waals surface area contributed by atoms with Crippen LogP contribution in [-0.4, -0.2) is 57.2 Å². The van der Waals surface area contributed by atoms with Crippen molar-refractivity contribution in [1.29, 1.82) is 0 Å². The lowest BCUT2D eigenvalue weighted by Gasteiger charge is -2.32. The summed E-state index contributed by atoms with van der Waals surface area (Å²) in [6.45, 7) is 5.27. The molecule has 134 valence electrons. The minimum absolute atomic E-state index is 0.710. The fourth-order valence-electron chi connectivity index (χ4n) is 2.95. The number of hydrogen-bond acceptors (Lipinski definition) is 5. The zero-order valence-corrected chi connectivity index (χ0v) is 15.2. The van der Waals surface area contributed by atoms with Crippen LogP contribution in [0.5, 0.6) is 23.0 Å². The first-order valence-corrected chi connectivity index (χ1v) is 8.57. The lowest BCUT2D eigenvalue weighted by molar-refractivity contribution is 0.147. The second-order valence-corrected chi connectivity index (χ2v) is 6.34. The molecule has 0 aromatic heterocycles. The summed E-state index contributed by atoms with van der Waals surface area (Å²) in [4.78, 5) is 4.83. The summed E-state index contributed by atoms with van der Waals surface area (Å²) in [5.41, 5.74) is 1.19. The van der Waals surface area contributed by atoms with E-state index in [1.165, 1.54) is 5.56 Å². The van der Waals surface area contributed by atoms with Crippen LogP contribution in [0.1, 0.15) is 5.56 Å². The summed E-state index contributed by atoms with van der Waals surface area (Å²) in [6.07, 6.45) is 0. The van der Waals surface area contributed by atoms with Crippen LogP contribution >= 0.6 is 0 Å². The van der Waals surface area contributed by atoms with E-state index in [0.717, 1.165) is 38.5 Å². The zero-order valence-electron chi connectivity index (χ0n) is 15.2. The van der Waals surface area contributed by atoms with Gasteiger partial charge < -0.3 is 19.1 Å². The Bertz CT molecular complexity index is 675. The summed E-state index contributed by atoms with van der Waals surface area (Å²) in [5, 5.41) is 0. The number of hydrogen-bond donors (Lipinski definition) is 0. The standard InChI is InChI=1S/C20H26N2O3/c1-21-8-10-22(11-9-21)15-16-6-4-5-7-20(16)25-19-13-17(23-2)12-18(14-19)24-3/h4-7,12-14H,8-11,15H2,1-3H3. The average molecular weight is 342 g/mol. The van der Waals surface area contributed by atoms with E-state index in [2.05, 4.69) is 29.0 Å². The maximum absolute atomic E-state index is 6.16. The van der Waals surface area contributed by atoms with Crippen molar-refractivity contribution < 1.29 is 14.2 Å². The SMILES string of the molecule is COc1cc(OC)cc(Oc2ccccc2CN2CCN(C)CC2)c1. The third kappa shape index (κ3) is 4.65. The van der Waals surface area contributed by atoms with E-state index in [-0.39, 0.29) is 0 Å². The van der Waals surface area contributed by atoms with E-state index in [1.54, 1.807) is 14.2 Å². The van der Waals surface area contributed by atoms with E-state index in [4.69, 9.17) is 14.2 Å². The minimum atomic E-state index is 0.710. The van der Waals surface area contributed by atoms with Crippen molar-refractivity contribution in [1.82, 2.24) is 9.80 Å². The first kappa shape index (κ1) is 17.6. The van der Waals surface area contributed by atoms with Crippen LogP contribution in [0.4, 0.5) is 0 Å². The van der Waals surface area contributed by atoms with Crippen molar-refractivity contribution in [2.45, 2.75) is 6.54 Å².